The van der Waals surface area contributed by atoms with Crippen molar-refractivity contribution in [1.82, 2.24) is 0 Å². The van der Waals surface area contributed by atoms with Crippen LogP contribution in [0.25, 0.3) is 0 Å². The summed E-state index contributed by atoms with van der Waals surface area (Å²) in [5.74, 6) is -41.6. The Labute approximate surface area is 153 Å². The van der Waals surface area contributed by atoms with Crippen molar-refractivity contribution in [3.05, 3.63) is 0 Å². The number of hydrogen-bond acceptors (Lipinski definition) is 1. The van der Waals surface area contributed by atoms with Gasteiger partial charge in [-0.25, -0.2) is 0 Å². The number of aliphatic hydroxyl groups excluding tert-OH is 1. The molecule has 13 heteroatoms. The van der Waals surface area contributed by atoms with Crippen LogP contribution in [0.15, 0.2) is 0 Å². The number of unbranched alkanes of at least 4 members (excludes halogenated alkanes) is 5. The van der Waals surface area contributed by atoms with Gasteiger partial charge in [-0.2, -0.15) is 52.7 Å². The monoisotopic (exact) mass is 444 g/mol. The average molecular weight is 444 g/mol. The summed E-state index contributed by atoms with van der Waals surface area (Å²) in [6.45, 7) is -1.31. The van der Waals surface area contributed by atoms with Gasteiger partial charge < -0.3 is 5.11 Å². The summed E-state index contributed by atoms with van der Waals surface area (Å²) in [5.41, 5.74) is 0. The molecule has 0 spiro atoms. The van der Waals surface area contributed by atoms with Gasteiger partial charge in [0, 0.05) is 6.42 Å². The van der Waals surface area contributed by atoms with Crippen LogP contribution in [0.2, 0.25) is 0 Å². The molecule has 0 radical (unpaired) electrons. The van der Waals surface area contributed by atoms with Gasteiger partial charge in [0.25, 0.3) is 0 Å². The van der Waals surface area contributed by atoms with Crippen molar-refractivity contribution in [1.29, 1.82) is 0 Å². The highest BCUT2D eigenvalue weighted by atomic mass is 19.4. The summed E-state index contributed by atoms with van der Waals surface area (Å²) in [6.07, 6.45) is -0.825. The van der Waals surface area contributed by atoms with Gasteiger partial charge in [0.2, 0.25) is 0 Å². The molecule has 0 aliphatic heterocycles. The zero-order valence-corrected chi connectivity index (χ0v) is 14.6. The molecule has 0 atom stereocenters. The second kappa shape index (κ2) is 8.86. The maximum absolute atomic E-state index is 13.5. The summed E-state index contributed by atoms with van der Waals surface area (Å²) in [5, 5.41) is 7.98. The Kier molecular flexibility index (Phi) is 8.59. The van der Waals surface area contributed by atoms with Gasteiger partial charge >= 0.3 is 35.5 Å². The van der Waals surface area contributed by atoms with Crippen molar-refractivity contribution in [3.63, 3.8) is 0 Å². The Hall–Kier alpha value is -0.880. The molecule has 0 bridgehead atoms. The number of alkyl halides is 12. The summed E-state index contributed by atoms with van der Waals surface area (Å²) in [7, 11) is 0. The van der Waals surface area contributed by atoms with E-state index in [-0.39, 0.29) is 12.8 Å². The molecule has 0 heterocycles. The lowest BCUT2D eigenvalue weighted by Crippen LogP contribution is -2.71. The van der Waals surface area contributed by atoms with E-state index in [2.05, 4.69) is 0 Å². The van der Waals surface area contributed by atoms with Crippen molar-refractivity contribution in [2.24, 2.45) is 0 Å². The van der Waals surface area contributed by atoms with E-state index in [1.807, 2.05) is 0 Å². The largest absolute Gasteiger partial charge is 0.390 e. The van der Waals surface area contributed by atoms with Gasteiger partial charge in [-0.15, -0.1) is 0 Å². The molecule has 0 aromatic heterocycles. The molecule has 0 unspecified atom stereocenters. The minimum Gasteiger partial charge on any atom is -0.390 e. The van der Waals surface area contributed by atoms with Gasteiger partial charge in [-0.3, -0.25) is 0 Å². The molecular formula is C15H20F12O. The Morgan fingerprint density at radius 2 is 0.857 bits per heavy atom. The molecule has 0 aromatic rings. The summed E-state index contributed by atoms with van der Waals surface area (Å²) < 4.78 is 159. The molecular weight excluding hydrogens is 424 g/mol. The fourth-order valence-corrected chi connectivity index (χ4v) is 2.24. The van der Waals surface area contributed by atoms with Crippen molar-refractivity contribution in [2.75, 3.05) is 6.61 Å². The zero-order chi connectivity index (χ0) is 22.7. The predicted molar refractivity (Wildman–Crippen MR) is 74.8 cm³/mol. The lowest BCUT2D eigenvalue weighted by atomic mass is 9.89. The SMILES string of the molecule is CCCCCCCCC(F)(F)C(F)(F)C(F)(F)C(F)(F)C(F)(F)C(F)(F)CO. The minimum atomic E-state index is -7.60. The third kappa shape index (κ3) is 4.64. The van der Waals surface area contributed by atoms with Crippen molar-refractivity contribution < 1.29 is 57.8 Å². The number of rotatable bonds is 13. The molecule has 0 rings (SSSR count). The molecule has 0 saturated carbocycles. The smallest absolute Gasteiger partial charge is 0.384 e. The molecule has 28 heavy (non-hydrogen) atoms. The first-order chi connectivity index (χ1) is 12.4. The lowest BCUT2D eigenvalue weighted by molar-refractivity contribution is -0.427. The van der Waals surface area contributed by atoms with Crippen LogP contribution in [-0.2, 0) is 0 Å². The fraction of sp³-hybridized carbons (Fsp3) is 1.00. The van der Waals surface area contributed by atoms with E-state index in [0.29, 0.717) is 12.8 Å². The Balaban J connectivity index is 5.59. The highest BCUT2D eigenvalue weighted by Gasteiger charge is 2.89. The fourth-order valence-electron chi connectivity index (χ4n) is 2.24. The molecule has 0 aliphatic rings. The van der Waals surface area contributed by atoms with Crippen LogP contribution in [0, 0.1) is 0 Å². The Morgan fingerprint density at radius 1 is 0.500 bits per heavy atom. The van der Waals surface area contributed by atoms with Gasteiger partial charge in [0.05, 0.1) is 0 Å². The topological polar surface area (TPSA) is 20.2 Å². The van der Waals surface area contributed by atoms with Gasteiger partial charge in [0.15, 0.2) is 0 Å². The van der Waals surface area contributed by atoms with Crippen LogP contribution >= 0.6 is 0 Å². The van der Waals surface area contributed by atoms with Crippen LogP contribution in [0.4, 0.5) is 52.7 Å². The second-order valence-electron chi connectivity index (χ2n) is 6.38. The van der Waals surface area contributed by atoms with Gasteiger partial charge in [-0.1, -0.05) is 39.0 Å². The normalized spacial score (nSPS) is 15.2. The van der Waals surface area contributed by atoms with Crippen molar-refractivity contribution in [3.8, 4) is 0 Å². The van der Waals surface area contributed by atoms with Crippen molar-refractivity contribution in [2.45, 2.75) is 87.4 Å². The third-order valence-corrected chi connectivity index (χ3v) is 4.14. The van der Waals surface area contributed by atoms with E-state index in [1.165, 1.54) is 0 Å². The van der Waals surface area contributed by atoms with Gasteiger partial charge in [-0.05, 0) is 6.42 Å². The van der Waals surface area contributed by atoms with Crippen LogP contribution in [0.1, 0.15) is 51.9 Å². The highest BCUT2D eigenvalue weighted by Crippen LogP contribution is 2.60. The molecule has 1 N–H and O–H groups in total. The number of aliphatic hydroxyl groups is 1. The maximum Gasteiger partial charge on any atom is 0.384 e. The summed E-state index contributed by atoms with van der Waals surface area (Å²) >= 11 is 0. The maximum atomic E-state index is 13.5. The van der Waals surface area contributed by atoms with E-state index in [1.54, 1.807) is 6.92 Å². The Bertz CT molecular complexity index is 489. The first-order valence-electron chi connectivity index (χ1n) is 8.25. The Morgan fingerprint density at radius 3 is 1.25 bits per heavy atom. The van der Waals surface area contributed by atoms with Crippen LogP contribution in [-0.4, -0.2) is 47.2 Å². The van der Waals surface area contributed by atoms with Crippen LogP contribution < -0.4 is 0 Å². The molecule has 170 valence electrons. The lowest BCUT2D eigenvalue weighted by Gasteiger charge is -2.41. The molecule has 0 saturated heterocycles. The third-order valence-electron chi connectivity index (χ3n) is 4.14. The summed E-state index contributed by atoms with van der Waals surface area (Å²) in [6, 6.07) is 0. The predicted octanol–water partition coefficient (Wildman–Crippen LogP) is 6.54. The second-order valence-corrected chi connectivity index (χ2v) is 6.38. The minimum absolute atomic E-state index is 0.146. The molecule has 0 aromatic carbocycles. The first-order valence-corrected chi connectivity index (χ1v) is 8.25. The number of hydrogen-bond donors (Lipinski definition) is 1. The van der Waals surface area contributed by atoms with E-state index >= 15 is 0 Å². The van der Waals surface area contributed by atoms with Crippen LogP contribution in [0.3, 0.4) is 0 Å². The molecule has 0 fully saturated rings. The van der Waals surface area contributed by atoms with E-state index in [4.69, 9.17) is 5.11 Å². The van der Waals surface area contributed by atoms with E-state index < -0.39 is 55.0 Å². The highest BCUT2D eigenvalue weighted by molar-refractivity contribution is 5.11. The molecule has 0 aliphatic carbocycles. The van der Waals surface area contributed by atoms with Crippen molar-refractivity contribution >= 4 is 0 Å². The van der Waals surface area contributed by atoms with E-state index in [9.17, 15) is 52.7 Å². The quantitative estimate of drug-likeness (QED) is 0.253. The summed E-state index contributed by atoms with van der Waals surface area (Å²) in [4.78, 5) is 0. The molecule has 0 amide bonds. The first kappa shape index (κ1) is 27.1. The number of halogens is 12. The van der Waals surface area contributed by atoms with Gasteiger partial charge in [0.1, 0.15) is 6.61 Å². The molecule has 1 nitrogen and oxygen atoms in total. The average Bonchev–Trinajstić information content (AvgIpc) is 2.56. The van der Waals surface area contributed by atoms with E-state index in [0.717, 1.165) is 6.42 Å². The zero-order valence-electron chi connectivity index (χ0n) is 14.6. The van der Waals surface area contributed by atoms with Crippen LogP contribution in [0.5, 0.6) is 0 Å². The standard InChI is InChI=1S/C15H20F12O/c1-2-3-4-5-6-7-8-10(16,17)12(20,21)14(24,25)15(26,27)13(22,23)11(18,19)9-28/h28H,2-9H2,1H3.